The molecule has 102 valence electrons. The van der Waals surface area contributed by atoms with Crippen molar-refractivity contribution in [3.8, 4) is 0 Å². The lowest BCUT2D eigenvalue weighted by molar-refractivity contribution is -0.151. The van der Waals surface area contributed by atoms with Crippen molar-refractivity contribution in [1.82, 2.24) is 10.2 Å². The van der Waals surface area contributed by atoms with Crippen molar-refractivity contribution in [2.45, 2.75) is 51.4 Å². The van der Waals surface area contributed by atoms with Gasteiger partial charge in [-0.15, -0.1) is 0 Å². The highest BCUT2D eigenvalue weighted by Crippen LogP contribution is 2.28. The lowest BCUT2D eigenvalue weighted by atomic mass is 10.0. The molecular weight excluding hydrogens is 229 g/mol. The molecule has 1 fully saturated rings. The van der Waals surface area contributed by atoms with Crippen LogP contribution < -0.4 is 5.32 Å². The van der Waals surface area contributed by atoms with Gasteiger partial charge in [0, 0.05) is 18.6 Å². The summed E-state index contributed by atoms with van der Waals surface area (Å²) >= 11 is 0. The van der Waals surface area contributed by atoms with E-state index in [1.165, 1.54) is 0 Å². The number of nitrogens with one attached hydrogen (secondary N) is 1. The van der Waals surface area contributed by atoms with Crippen LogP contribution >= 0.6 is 0 Å². The molecule has 2 nitrogen and oxygen atoms in total. The van der Waals surface area contributed by atoms with Gasteiger partial charge in [0.2, 0.25) is 0 Å². The molecule has 0 aromatic carbocycles. The van der Waals surface area contributed by atoms with E-state index in [0.29, 0.717) is 18.5 Å². The zero-order valence-corrected chi connectivity index (χ0v) is 10.8. The van der Waals surface area contributed by atoms with E-state index in [9.17, 15) is 13.2 Å². The average Bonchev–Trinajstić information content (AvgIpc) is 2.62. The highest BCUT2D eigenvalue weighted by atomic mass is 19.4. The van der Waals surface area contributed by atoms with E-state index in [1.54, 1.807) is 4.90 Å². The first-order chi connectivity index (χ1) is 7.83. The molecule has 0 saturated heterocycles. The van der Waals surface area contributed by atoms with Crippen LogP contribution in [-0.2, 0) is 0 Å². The Hall–Kier alpha value is -0.290. The summed E-state index contributed by atoms with van der Waals surface area (Å²) in [7, 11) is 1.90. The second kappa shape index (κ2) is 6.05. The molecular formula is C12H23F3N2. The number of halogens is 3. The lowest BCUT2D eigenvalue weighted by Gasteiger charge is -2.32. The molecule has 2 unspecified atom stereocenters. The fraction of sp³-hybridized carbons (Fsp3) is 1.00. The monoisotopic (exact) mass is 252 g/mol. The van der Waals surface area contributed by atoms with E-state index in [2.05, 4.69) is 5.32 Å². The van der Waals surface area contributed by atoms with Gasteiger partial charge in [-0.3, -0.25) is 4.90 Å². The molecule has 0 aliphatic heterocycles. The summed E-state index contributed by atoms with van der Waals surface area (Å²) in [5, 5.41) is 3.21. The second-order valence-electron chi connectivity index (χ2n) is 5.22. The molecule has 0 spiro atoms. The maximum atomic E-state index is 12.5. The van der Waals surface area contributed by atoms with Crippen molar-refractivity contribution in [2.75, 3.05) is 20.1 Å². The third-order valence-corrected chi connectivity index (χ3v) is 3.61. The Labute approximate surface area is 102 Å². The summed E-state index contributed by atoms with van der Waals surface area (Å²) in [4.78, 5) is 1.54. The Kier molecular flexibility index (Phi) is 5.25. The Bertz CT molecular complexity index is 228. The van der Waals surface area contributed by atoms with Crippen LogP contribution in [0.2, 0.25) is 0 Å². The fourth-order valence-corrected chi connectivity index (χ4v) is 2.62. The smallest absolute Gasteiger partial charge is 0.317 e. The summed E-state index contributed by atoms with van der Waals surface area (Å²) in [6.07, 6.45) is -0.863. The topological polar surface area (TPSA) is 15.3 Å². The molecule has 0 aromatic rings. The highest BCUT2D eigenvalue weighted by Gasteiger charge is 2.35. The average molecular weight is 252 g/mol. The Morgan fingerprint density at radius 2 is 1.94 bits per heavy atom. The third kappa shape index (κ3) is 4.84. The summed E-state index contributed by atoms with van der Waals surface area (Å²) < 4.78 is 37.4. The van der Waals surface area contributed by atoms with Crippen LogP contribution in [0, 0.1) is 5.92 Å². The molecule has 1 aliphatic carbocycles. The summed E-state index contributed by atoms with van der Waals surface area (Å²) in [6, 6.07) is 0.319. The van der Waals surface area contributed by atoms with Crippen LogP contribution in [-0.4, -0.2) is 43.3 Å². The largest absolute Gasteiger partial charge is 0.401 e. The molecule has 2 atom stereocenters. The molecule has 1 rings (SSSR count). The molecule has 0 amide bonds. The fourth-order valence-electron chi connectivity index (χ4n) is 2.62. The van der Waals surface area contributed by atoms with Crippen molar-refractivity contribution < 1.29 is 13.2 Å². The van der Waals surface area contributed by atoms with Crippen molar-refractivity contribution in [1.29, 1.82) is 0 Å². The van der Waals surface area contributed by atoms with Crippen molar-refractivity contribution in [2.24, 2.45) is 5.92 Å². The number of nitrogens with zero attached hydrogens (tertiary/aromatic N) is 1. The van der Waals surface area contributed by atoms with E-state index >= 15 is 0 Å². The van der Waals surface area contributed by atoms with Crippen molar-refractivity contribution in [3.63, 3.8) is 0 Å². The van der Waals surface area contributed by atoms with Gasteiger partial charge in [0.05, 0.1) is 6.54 Å². The van der Waals surface area contributed by atoms with Gasteiger partial charge in [-0.25, -0.2) is 0 Å². The molecule has 5 heteroatoms. The van der Waals surface area contributed by atoms with Gasteiger partial charge in [0.25, 0.3) is 0 Å². The number of hydrogen-bond acceptors (Lipinski definition) is 2. The third-order valence-electron chi connectivity index (χ3n) is 3.61. The Balaban J connectivity index is 2.54. The highest BCUT2D eigenvalue weighted by molar-refractivity contribution is 4.85. The first-order valence-electron chi connectivity index (χ1n) is 6.31. The molecule has 0 bridgehead atoms. The van der Waals surface area contributed by atoms with Crippen LogP contribution in [0.4, 0.5) is 13.2 Å². The van der Waals surface area contributed by atoms with Crippen LogP contribution in [0.3, 0.4) is 0 Å². The standard InChI is InChI=1S/C12H23F3N2/c1-9(2)17(8-12(13,14)15)7-10-5-4-6-11(10)16-3/h9-11,16H,4-8H2,1-3H3. The van der Waals surface area contributed by atoms with Crippen LogP contribution in [0.1, 0.15) is 33.1 Å². The Morgan fingerprint density at radius 3 is 2.41 bits per heavy atom. The molecule has 17 heavy (non-hydrogen) atoms. The summed E-state index contributed by atoms with van der Waals surface area (Å²) in [6.45, 7) is 3.41. The molecule has 0 radical (unpaired) electrons. The van der Waals surface area contributed by atoms with E-state index < -0.39 is 12.7 Å². The second-order valence-corrected chi connectivity index (χ2v) is 5.22. The number of hydrogen-bond donors (Lipinski definition) is 1. The van der Waals surface area contributed by atoms with Gasteiger partial charge in [-0.1, -0.05) is 6.42 Å². The summed E-state index contributed by atoms with van der Waals surface area (Å²) in [5.41, 5.74) is 0. The Morgan fingerprint density at radius 1 is 1.29 bits per heavy atom. The predicted octanol–water partition coefficient (Wildman–Crippen LogP) is 2.65. The quantitative estimate of drug-likeness (QED) is 0.809. The maximum absolute atomic E-state index is 12.5. The lowest BCUT2D eigenvalue weighted by Crippen LogP contribution is -2.44. The first kappa shape index (κ1) is 14.8. The minimum atomic E-state index is -4.10. The van der Waals surface area contributed by atoms with E-state index in [-0.39, 0.29) is 6.04 Å². The zero-order chi connectivity index (χ0) is 13.1. The van der Waals surface area contributed by atoms with Gasteiger partial charge in [0.1, 0.15) is 0 Å². The molecule has 0 heterocycles. The van der Waals surface area contributed by atoms with Gasteiger partial charge >= 0.3 is 6.18 Å². The normalized spacial score (nSPS) is 26.1. The van der Waals surface area contributed by atoms with Crippen LogP contribution in [0.5, 0.6) is 0 Å². The molecule has 1 saturated carbocycles. The van der Waals surface area contributed by atoms with E-state index in [1.807, 2.05) is 20.9 Å². The minimum absolute atomic E-state index is 0.0604. The molecule has 1 N–H and O–H groups in total. The SMILES string of the molecule is CNC1CCCC1CN(CC(F)(F)F)C(C)C. The van der Waals surface area contributed by atoms with Crippen LogP contribution in [0.15, 0.2) is 0 Å². The van der Waals surface area contributed by atoms with E-state index in [4.69, 9.17) is 0 Å². The maximum Gasteiger partial charge on any atom is 0.401 e. The zero-order valence-electron chi connectivity index (χ0n) is 10.8. The summed E-state index contributed by atoms with van der Waals surface area (Å²) in [5.74, 6) is 0.352. The number of rotatable bonds is 5. The first-order valence-corrected chi connectivity index (χ1v) is 6.31. The van der Waals surface area contributed by atoms with E-state index in [0.717, 1.165) is 19.3 Å². The predicted molar refractivity (Wildman–Crippen MR) is 63.0 cm³/mol. The van der Waals surface area contributed by atoms with Gasteiger partial charge in [-0.2, -0.15) is 13.2 Å². The number of alkyl halides is 3. The van der Waals surface area contributed by atoms with Crippen LogP contribution in [0.25, 0.3) is 0 Å². The van der Waals surface area contributed by atoms with Gasteiger partial charge in [-0.05, 0) is 39.7 Å². The van der Waals surface area contributed by atoms with Gasteiger partial charge < -0.3 is 5.32 Å². The minimum Gasteiger partial charge on any atom is -0.317 e. The molecule has 1 aliphatic rings. The van der Waals surface area contributed by atoms with Crippen molar-refractivity contribution in [3.05, 3.63) is 0 Å². The van der Waals surface area contributed by atoms with Gasteiger partial charge in [0.15, 0.2) is 0 Å². The molecule has 0 aromatic heterocycles. The van der Waals surface area contributed by atoms with Crippen molar-refractivity contribution >= 4 is 0 Å².